The molecule has 0 unspecified atom stereocenters. The van der Waals surface area contributed by atoms with Gasteiger partial charge >= 0.3 is 0 Å². The summed E-state index contributed by atoms with van der Waals surface area (Å²) in [5.74, 6) is 0.574. The van der Waals surface area contributed by atoms with Crippen molar-refractivity contribution in [1.82, 2.24) is 5.01 Å². The maximum absolute atomic E-state index is 13.5. The molecule has 0 fully saturated rings. The van der Waals surface area contributed by atoms with E-state index >= 15 is 0 Å². The van der Waals surface area contributed by atoms with Crippen LogP contribution in [0.15, 0.2) is 90.0 Å². The molecule has 2 heterocycles. The molecular formula is C28H21ClN2O2. The normalized spacial score (nSPS) is 19.0. The Balaban J connectivity index is 1.43. The van der Waals surface area contributed by atoms with Gasteiger partial charge in [0.05, 0.1) is 11.8 Å². The minimum absolute atomic E-state index is 0.107. The van der Waals surface area contributed by atoms with Crippen molar-refractivity contribution in [3.8, 4) is 5.75 Å². The van der Waals surface area contributed by atoms with E-state index in [0.29, 0.717) is 22.8 Å². The molecule has 2 aliphatic heterocycles. The summed E-state index contributed by atoms with van der Waals surface area (Å²) < 4.78 is 6.21. The highest BCUT2D eigenvalue weighted by atomic mass is 35.5. The zero-order chi connectivity index (χ0) is 22.5. The molecule has 0 aromatic heterocycles. The van der Waals surface area contributed by atoms with Crippen LogP contribution < -0.4 is 4.74 Å². The largest absolute Gasteiger partial charge is 0.461 e. The Morgan fingerprint density at radius 2 is 1.76 bits per heavy atom. The number of halogens is 1. The zero-order valence-electron chi connectivity index (χ0n) is 18.0. The van der Waals surface area contributed by atoms with E-state index in [9.17, 15) is 4.79 Å². The van der Waals surface area contributed by atoms with Crippen LogP contribution in [0.3, 0.4) is 0 Å². The second kappa shape index (κ2) is 7.75. The van der Waals surface area contributed by atoms with Crippen molar-refractivity contribution < 1.29 is 9.53 Å². The summed E-state index contributed by atoms with van der Waals surface area (Å²) in [4.78, 5) is 13.5. The van der Waals surface area contributed by atoms with E-state index < -0.39 is 6.23 Å². The summed E-state index contributed by atoms with van der Waals surface area (Å²) in [5, 5.41) is 9.72. The molecular weight excluding hydrogens is 432 g/mol. The zero-order valence-corrected chi connectivity index (χ0v) is 18.8. The minimum atomic E-state index is -0.829. The SMILES string of the molecule is Cc1ccc(C(=O)[C@@H]2Oc3ccc(Cl)cc3[C@H]3CC(c4ccc5ccccc5c4)=NN32)cc1. The second-order valence-electron chi connectivity index (χ2n) is 8.59. The number of aryl methyl sites for hydroxylation is 1. The molecule has 4 nitrogen and oxygen atoms in total. The van der Waals surface area contributed by atoms with Crippen LogP contribution in [0, 0.1) is 6.92 Å². The summed E-state index contributed by atoms with van der Waals surface area (Å²) in [6.45, 7) is 2.00. The first-order chi connectivity index (χ1) is 16.1. The molecule has 2 aliphatic rings. The van der Waals surface area contributed by atoms with Crippen molar-refractivity contribution in [3.63, 3.8) is 0 Å². The summed E-state index contributed by atoms with van der Waals surface area (Å²) >= 11 is 6.32. The van der Waals surface area contributed by atoms with Gasteiger partial charge in [-0.25, -0.2) is 5.01 Å². The predicted octanol–water partition coefficient (Wildman–Crippen LogP) is 6.55. The Morgan fingerprint density at radius 1 is 0.970 bits per heavy atom. The smallest absolute Gasteiger partial charge is 0.251 e. The average Bonchev–Trinajstić information content (AvgIpc) is 3.29. The quantitative estimate of drug-likeness (QED) is 0.331. The third-order valence-corrected chi connectivity index (χ3v) is 6.63. The van der Waals surface area contributed by atoms with Crippen LogP contribution in [0.25, 0.3) is 10.8 Å². The number of hydrogen-bond donors (Lipinski definition) is 0. The van der Waals surface area contributed by atoms with Crippen molar-refractivity contribution in [3.05, 3.63) is 112 Å². The molecule has 0 bridgehead atoms. The first kappa shape index (κ1) is 20.0. The Hall–Kier alpha value is -3.63. The van der Waals surface area contributed by atoms with E-state index in [-0.39, 0.29) is 11.8 Å². The molecule has 6 rings (SSSR count). The van der Waals surface area contributed by atoms with Crippen molar-refractivity contribution in [2.24, 2.45) is 5.10 Å². The second-order valence-corrected chi connectivity index (χ2v) is 9.03. The van der Waals surface area contributed by atoms with Crippen molar-refractivity contribution >= 4 is 33.9 Å². The third-order valence-electron chi connectivity index (χ3n) is 6.39. The maximum atomic E-state index is 13.5. The monoisotopic (exact) mass is 452 g/mol. The number of fused-ring (bicyclic) bond motifs is 4. The summed E-state index contributed by atoms with van der Waals surface area (Å²) in [6.07, 6.45) is -0.156. The Morgan fingerprint density at radius 3 is 2.58 bits per heavy atom. The maximum Gasteiger partial charge on any atom is 0.251 e. The first-order valence-electron chi connectivity index (χ1n) is 11.0. The number of ketones is 1. The molecule has 0 spiro atoms. The number of carbonyl (C=O) groups excluding carboxylic acids is 1. The fourth-order valence-corrected chi connectivity index (χ4v) is 4.82. The highest BCUT2D eigenvalue weighted by Crippen LogP contribution is 2.44. The van der Waals surface area contributed by atoms with Gasteiger partial charge in [0.15, 0.2) is 0 Å². The molecule has 4 aromatic carbocycles. The fourth-order valence-electron chi connectivity index (χ4n) is 4.63. The van der Waals surface area contributed by atoms with Gasteiger partial charge in [0.25, 0.3) is 6.23 Å². The minimum Gasteiger partial charge on any atom is -0.461 e. The Bertz CT molecular complexity index is 1430. The molecule has 0 saturated heterocycles. The molecule has 0 saturated carbocycles. The van der Waals surface area contributed by atoms with Crippen LogP contribution in [0.1, 0.15) is 39.5 Å². The molecule has 2 atom stereocenters. The van der Waals surface area contributed by atoms with Gasteiger partial charge in [0, 0.05) is 22.6 Å². The van der Waals surface area contributed by atoms with Gasteiger partial charge in [0.2, 0.25) is 5.78 Å². The van der Waals surface area contributed by atoms with Gasteiger partial charge in [-0.05, 0) is 47.5 Å². The van der Waals surface area contributed by atoms with Crippen molar-refractivity contribution in [2.45, 2.75) is 25.6 Å². The number of ether oxygens (including phenoxy) is 1. The van der Waals surface area contributed by atoms with E-state index in [2.05, 4.69) is 30.3 Å². The van der Waals surface area contributed by atoms with E-state index in [0.717, 1.165) is 27.8 Å². The molecule has 33 heavy (non-hydrogen) atoms. The lowest BCUT2D eigenvalue weighted by Crippen LogP contribution is -2.45. The van der Waals surface area contributed by atoms with Gasteiger partial charge in [-0.15, -0.1) is 0 Å². The van der Waals surface area contributed by atoms with Crippen LogP contribution in [0.4, 0.5) is 0 Å². The Kier molecular flexibility index (Phi) is 4.70. The van der Waals surface area contributed by atoms with Gasteiger partial charge in [0.1, 0.15) is 5.75 Å². The topological polar surface area (TPSA) is 41.9 Å². The van der Waals surface area contributed by atoms with E-state index in [4.69, 9.17) is 21.4 Å². The van der Waals surface area contributed by atoms with Crippen LogP contribution in [0.5, 0.6) is 5.75 Å². The number of hydrogen-bond acceptors (Lipinski definition) is 4. The van der Waals surface area contributed by atoms with Gasteiger partial charge in [-0.3, -0.25) is 4.79 Å². The first-order valence-corrected chi connectivity index (χ1v) is 11.4. The molecule has 5 heteroatoms. The average molecular weight is 453 g/mol. The number of carbonyl (C=O) groups is 1. The number of rotatable bonds is 3. The highest BCUT2D eigenvalue weighted by molar-refractivity contribution is 6.30. The molecule has 4 aromatic rings. The molecule has 0 amide bonds. The van der Waals surface area contributed by atoms with Crippen molar-refractivity contribution in [1.29, 1.82) is 0 Å². The van der Waals surface area contributed by atoms with E-state index in [1.807, 2.05) is 60.5 Å². The van der Waals surface area contributed by atoms with Crippen LogP contribution in [-0.2, 0) is 0 Å². The van der Waals surface area contributed by atoms with Crippen LogP contribution in [-0.4, -0.2) is 22.7 Å². The number of Topliss-reactive ketones (excluding diaryl/α,β-unsaturated/α-hetero) is 1. The number of benzene rings is 4. The van der Waals surface area contributed by atoms with Crippen molar-refractivity contribution in [2.75, 3.05) is 0 Å². The van der Waals surface area contributed by atoms with Crippen LogP contribution in [0.2, 0.25) is 5.02 Å². The fraction of sp³-hybridized carbons (Fsp3) is 0.143. The van der Waals surface area contributed by atoms with E-state index in [1.165, 1.54) is 5.39 Å². The lowest BCUT2D eigenvalue weighted by Gasteiger charge is -2.37. The summed E-state index contributed by atoms with van der Waals surface area (Å²) in [5.41, 5.74) is 4.65. The van der Waals surface area contributed by atoms with Gasteiger partial charge in [-0.1, -0.05) is 77.8 Å². The summed E-state index contributed by atoms with van der Waals surface area (Å²) in [7, 11) is 0. The van der Waals surface area contributed by atoms with Crippen LogP contribution >= 0.6 is 11.6 Å². The highest BCUT2D eigenvalue weighted by Gasteiger charge is 2.43. The molecule has 0 radical (unpaired) electrons. The molecule has 162 valence electrons. The number of nitrogens with zero attached hydrogens (tertiary/aromatic N) is 2. The van der Waals surface area contributed by atoms with E-state index in [1.54, 1.807) is 6.07 Å². The lowest BCUT2D eigenvalue weighted by molar-refractivity contribution is -0.00455. The van der Waals surface area contributed by atoms with Gasteiger partial charge in [-0.2, -0.15) is 5.10 Å². The predicted molar refractivity (Wildman–Crippen MR) is 131 cm³/mol. The number of hydrazone groups is 1. The summed E-state index contributed by atoms with van der Waals surface area (Å²) in [6, 6.07) is 27.6. The lowest BCUT2D eigenvalue weighted by atomic mass is 9.95. The van der Waals surface area contributed by atoms with Gasteiger partial charge < -0.3 is 4.74 Å². The standard InChI is InChI=1S/C28H21ClN2O2/c1-17-6-8-19(9-7-17)27(32)28-31-25(23-15-22(29)12-13-26(23)33-28)16-24(30-31)21-11-10-18-4-2-3-5-20(18)14-21/h2-15,25,28H,16H2,1H3/t25-,28+/m1/s1. The molecule has 0 aliphatic carbocycles. The Labute approximate surface area is 197 Å². The third kappa shape index (κ3) is 3.47. The molecule has 0 N–H and O–H groups in total.